The molecule has 4 rings (SSSR count). The van der Waals surface area contributed by atoms with Crippen molar-refractivity contribution in [3.63, 3.8) is 0 Å². The molecular weight excluding hydrogens is 372 g/mol. The topological polar surface area (TPSA) is 57.4 Å². The summed E-state index contributed by atoms with van der Waals surface area (Å²) < 4.78 is 2.23. The fourth-order valence-corrected chi connectivity index (χ4v) is 4.07. The van der Waals surface area contributed by atoms with Gasteiger partial charge in [0.15, 0.2) is 0 Å². The molecule has 0 radical (unpaired) electrons. The Kier molecular flexibility index (Phi) is 6.29. The summed E-state index contributed by atoms with van der Waals surface area (Å²) in [5.74, 6) is 0. The minimum absolute atomic E-state index is 0.0614. The lowest BCUT2D eigenvalue weighted by Crippen LogP contribution is -2.32. The third kappa shape index (κ3) is 4.17. The second-order valence-corrected chi connectivity index (χ2v) is 7.67. The smallest absolute Gasteiger partial charge is 0.0843 e. The van der Waals surface area contributed by atoms with Crippen LogP contribution in [0, 0.1) is 6.92 Å². The summed E-state index contributed by atoms with van der Waals surface area (Å²) in [4.78, 5) is 0. The van der Waals surface area contributed by atoms with Crippen molar-refractivity contribution in [2.75, 3.05) is 19.7 Å². The molecular formula is C26H28N2O2. The number of fused-ring (bicyclic) bond motifs is 1. The molecule has 0 amide bonds. The SMILES string of the molecule is Cc1ccc2c(c1)c(-c1ccccc1)c(-c1ccccc1)n2C[C@H](O)CNCCO. The molecule has 3 aromatic carbocycles. The van der Waals surface area contributed by atoms with Gasteiger partial charge in [0.1, 0.15) is 0 Å². The van der Waals surface area contributed by atoms with Crippen molar-refractivity contribution >= 4 is 10.9 Å². The zero-order valence-electron chi connectivity index (χ0n) is 17.3. The number of nitrogens with zero attached hydrogens (tertiary/aromatic N) is 1. The lowest BCUT2D eigenvalue weighted by atomic mass is 9.98. The van der Waals surface area contributed by atoms with Crippen LogP contribution in [-0.2, 0) is 6.54 Å². The van der Waals surface area contributed by atoms with Crippen LogP contribution in [0.25, 0.3) is 33.3 Å². The van der Waals surface area contributed by atoms with Gasteiger partial charge in [0.25, 0.3) is 0 Å². The normalized spacial score (nSPS) is 12.4. The van der Waals surface area contributed by atoms with Gasteiger partial charge in [0.05, 0.1) is 24.9 Å². The highest BCUT2D eigenvalue weighted by molar-refractivity contribution is 6.04. The Bertz CT molecular complexity index is 1100. The van der Waals surface area contributed by atoms with E-state index in [4.69, 9.17) is 5.11 Å². The standard InChI is InChI=1S/C26H28N2O2/c1-19-12-13-24-23(16-19)25(20-8-4-2-5-9-20)26(21-10-6-3-7-11-21)28(24)18-22(30)17-27-14-15-29/h2-13,16,22,27,29-30H,14-15,17-18H2,1H3/t22-/m1/s1. The molecule has 0 aliphatic rings. The van der Waals surface area contributed by atoms with Crippen molar-refractivity contribution in [2.24, 2.45) is 0 Å². The molecule has 0 saturated carbocycles. The lowest BCUT2D eigenvalue weighted by molar-refractivity contribution is 0.151. The first-order chi connectivity index (χ1) is 14.7. The van der Waals surface area contributed by atoms with Crippen molar-refractivity contribution in [1.82, 2.24) is 9.88 Å². The van der Waals surface area contributed by atoms with Gasteiger partial charge in [-0.15, -0.1) is 0 Å². The number of nitrogens with one attached hydrogen (secondary N) is 1. The Morgan fingerprint density at radius 3 is 2.23 bits per heavy atom. The molecule has 1 aromatic heterocycles. The lowest BCUT2D eigenvalue weighted by Gasteiger charge is -2.17. The van der Waals surface area contributed by atoms with E-state index in [1.165, 1.54) is 22.1 Å². The van der Waals surface area contributed by atoms with Gasteiger partial charge < -0.3 is 20.1 Å². The van der Waals surface area contributed by atoms with Crippen LogP contribution in [0.1, 0.15) is 5.56 Å². The minimum atomic E-state index is -0.570. The Balaban J connectivity index is 1.93. The van der Waals surface area contributed by atoms with Gasteiger partial charge in [-0.05, 0) is 30.2 Å². The zero-order valence-corrected chi connectivity index (χ0v) is 17.3. The van der Waals surface area contributed by atoms with Crippen LogP contribution in [-0.4, -0.2) is 40.6 Å². The average molecular weight is 401 g/mol. The van der Waals surface area contributed by atoms with Crippen LogP contribution in [0.3, 0.4) is 0 Å². The first-order valence-corrected chi connectivity index (χ1v) is 10.4. The van der Waals surface area contributed by atoms with Gasteiger partial charge in [0, 0.05) is 29.6 Å². The zero-order chi connectivity index (χ0) is 20.9. The van der Waals surface area contributed by atoms with E-state index in [0.29, 0.717) is 19.6 Å². The van der Waals surface area contributed by atoms with E-state index in [0.717, 1.165) is 16.8 Å². The van der Waals surface area contributed by atoms with E-state index in [9.17, 15) is 5.11 Å². The van der Waals surface area contributed by atoms with E-state index < -0.39 is 6.10 Å². The van der Waals surface area contributed by atoms with Crippen molar-refractivity contribution in [2.45, 2.75) is 19.6 Å². The molecule has 1 atom stereocenters. The fraction of sp³-hybridized carbons (Fsp3) is 0.231. The largest absolute Gasteiger partial charge is 0.395 e. The second-order valence-electron chi connectivity index (χ2n) is 7.67. The number of aliphatic hydroxyl groups excluding tert-OH is 2. The van der Waals surface area contributed by atoms with Gasteiger partial charge in [-0.3, -0.25) is 0 Å². The molecule has 4 heteroatoms. The van der Waals surface area contributed by atoms with Crippen molar-refractivity contribution in [1.29, 1.82) is 0 Å². The average Bonchev–Trinajstić information content (AvgIpc) is 3.08. The van der Waals surface area contributed by atoms with Gasteiger partial charge in [-0.2, -0.15) is 0 Å². The van der Waals surface area contributed by atoms with Gasteiger partial charge in [-0.1, -0.05) is 72.3 Å². The highest BCUT2D eigenvalue weighted by Gasteiger charge is 2.21. The van der Waals surface area contributed by atoms with Crippen LogP contribution >= 0.6 is 0 Å². The minimum Gasteiger partial charge on any atom is -0.395 e. The molecule has 0 unspecified atom stereocenters. The Morgan fingerprint density at radius 2 is 1.57 bits per heavy atom. The van der Waals surface area contributed by atoms with Crippen molar-refractivity contribution in [3.05, 3.63) is 84.4 Å². The third-order valence-corrected chi connectivity index (χ3v) is 5.39. The maximum atomic E-state index is 10.7. The van der Waals surface area contributed by atoms with Crippen LogP contribution in [0.2, 0.25) is 0 Å². The molecule has 0 bridgehead atoms. The van der Waals surface area contributed by atoms with E-state index in [1.54, 1.807) is 0 Å². The molecule has 0 spiro atoms. The second kappa shape index (κ2) is 9.26. The summed E-state index contributed by atoms with van der Waals surface area (Å²) in [6.45, 7) is 3.55. The van der Waals surface area contributed by atoms with Crippen LogP contribution in [0.5, 0.6) is 0 Å². The summed E-state index contributed by atoms with van der Waals surface area (Å²) in [6.07, 6.45) is -0.570. The highest BCUT2D eigenvalue weighted by Crippen LogP contribution is 2.41. The van der Waals surface area contributed by atoms with E-state index >= 15 is 0 Å². The van der Waals surface area contributed by atoms with E-state index in [2.05, 4.69) is 83.5 Å². The summed E-state index contributed by atoms with van der Waals surface area (Å²) in [5.41, 5.74) is 6.92. The van der Waals surface area contributed by atoms with Gasteiger partial charge in [-0.25, -0.2) is 0 Å². The quantitative estimate of drug-likeness (QED) is 0.388. The predicted molar refractivity (Wildman–Crippen MR) is 124 cm³/mol. The molecule has 0 aliphatic heterocycles. The molecule has 4 aromatic rings. The summed E-state index contributed by atoms with van der Waals surface area (Å²) in [6, 6.07) is 27.3. The van der Waals surface area contributed by atoms with E-state index in [-0.39, 0.29) is 6.61 Å². The fourth-order valence-electron chi connectivity index (χ4n) is 4.07. The molecule has 0 fully saturated rings. The van der Waals surface area contributed by atoms with Crippen LogP contribution in [0.15, 0.2) is 78.9 Å². The molecule has 4 nitrogen and oxygen atoms in total. The number of benzene rings is 3. The number of aryl methyl sites for hydroxylation is 1. The van der Waals surface area contributed by atoms with Gasteiger partial charge >= 0.3 is 0 Å². The number of hydrogen-bond donors (Lipinski definition) is 3. The third-order valence-electron chi connectivity index (χ3n) is 5.39. The first kappa shape index (κ1) is 20.4. The number of rotatable bonds is 8. The van der Waals surface area contributed by atoms with Crippen LogP contribution < -0.4 is 5.32 Å². The van der Waals surface area contributed by atoms with E-state index in [1.807, 2.05) is 12.1 Å². The summed E-state index contributed by atoms with van der Waals surface area (Å²) in [7, 11) is 0. The van der Waals surface area contributed by atoms with Crippen molar-refractivity contribution < 1.29 is 10.2 Å². The van der Waals surface area contributed by atoms with Gasteiger partial charge in [0.2, 0.25) is 0 Å². The molecule has 3 N–H and O–H groups in total. The Morgan fingerprint density at radius 1 is 0.900 bits per heavy atom. The maximum absolute atomic E-state index is 10.7. The molecule has 0 aliphatic carbocycles. The Hall–Kier alpha value is -2.92. The number of hydrogen-bond acceptors (Lipinski definition) is 3. The predicted octanol–water partition coefficient (Wildman–Crippen LogP) is 4.23. The molecule has 0 saturated heterocycles. The maximum Gasteiger partial charge on any atom is 0.0843 e. The molecule has 154 valence electrons. The number of aliphatic hydroxyl groups is 2. The van der Waals surface area contributed by atoms with Crippen LogP contribution in [0.4, 0.5) is 0 Å². The highest BCUT2D eigenvalue weighted by atomic mass is 16.3. The van der Waals surface area contributed by atoms with Crippen molar-refractivity contribution in [3.8, 4) is 22.4 Å². The summed E-state index contributed by atoms with van der Waals surface area (Å²) >= 11 is 0. The molecule has 1 heterocycles. The first-order valence-electron chi connectivity index (χ1n) is 10.4. The summed E-state index contributed by atoms with van der Waals surface area (Å²) in [5, 5.41) is 24.0. The molecule has 30 heavy (non-hydrogen) atoms. The number of aromatic nitrogens is 1. The Labute approximate surface area is 177 Å². The monoisotopic (exact) mass is 400 g/mol.